The summed E-state index contributed by atoms with van der Waals surface area (Å²) in [6.45, 7) is 2.48. The standard InChI is InChI=1S/C26H34N2O5/c1-32-20-14-12-19(13-15-20)23(29)9-7-11-25(30)27-22(18-28-16-5-6-17-28)26(31)21-8-3-4-10-24(21)33-2/h3-4,8,10,12-15,22,26,31H,5-7,9,11,16-18H2,1-2H3,(H,27,30)/t22-,26-/m1/s1. The Bertz CT molecular complexity index is 909. The van der Waals surface area contributed by atoms with Gasteiger partial charge in [0.1, 0.15) is 17.6 Å². The first-order chi connectivity index (χ1) is 16.0. The van der Waals surface area contributed by atoms with E-state index in [1.807, 2.05) is 18.2 Å². The molecular formula is C26H34N2O5. The van der Waals surface area contributed by atoms with E-state index < -0.39 is 12.1 Å². The van der Waals surface area contributed by atoms with Crippen LogP contribution < -0.4 is 14.8 Å². The maximum absolute atomic E-state index is 12.7. The predicted molar refractivity (Wildman–Crippen MR) is 127 cm³/mol. The molecule has 1 saturated heterocycles. The number of nitrogens with zero attached hydrogens (tertiary/aromatic N) is 1. The molecule has 1 fully saturated rings. The molecule has 33 heavy (non-hydrogen) atoms. The van der Waals surface area contributed by atoms with Crippen molar-refractivity contribution >= 4 is 11.7 Å². The Morgan fingerprint density at radius 3 is 2.36 bits per heavy atom. The molecule has 178 valence electrons. The normalized spacial score (nSPS) is 15.6. The average molecular weight is 455 g/mol. The van der Waals surface area contributed by atoms with E-state index in [-0.39, 0.29) is 24.5 Å². The lowest BCUT2D eigenvalue weighted by Gasteiger charge is -2.29. The van der Waals surface area contributed by atoms with Crippen LogP contribution in [0.3, 0.4) is 0 Å². The first kappa shape index (κ1) is 24.7. The van der Waals surface area contributed by atoms with Gasteiger partial charge in [0, 0.05) is 30.5 Å². The number of rotatable bonds is 12. The van der Waals surface area contributed by atoms with Gasteiger partial charge in [0.25, 0.3) is 0 Å². The predicted octanol–water partition coefficient (Wildman–Crippen LogP) is 3.37. The molecule has 0 unspecified atom stereocenters. The molecule has 2 aromatic rings. The first-order valence-corrected chi connectivity index (χ1v) is 11.5. The summed E-state index contributed by atoms with van der Waals surface area (Å²) in [5.74, 6) is 1.11. The van der Waals surface area contributed by atoms with E-state index in [0.29, 0.717) is 35.6 Å². The molecule has 2 aromatic carbocycles. The van der Waals surface area contributed by atoms with Crippen LogP contribution in [0.5, 0.6) is 11.5 Å². The minimum absolute atomic E-state index is 0.00636. The third kappa shape index (κ3) is 7.04. The number of aliphatic hydroxyl groups excluding tert-OH is 1. The molecule has 0 radical (unpaired) electrons. The minimum Gasteiger partial charge on any atom is -0.497 e. The summed E-state index contributed by atoms with van der Waals surface area (Å²) in [4.78, 5) is 27.4. The van der Waals surface area contributed by atoms with Crippen molar-refractivity contribution in [3.8, 4) is 11.5 Å². The molecule has 1 aliphatic rings. The Morgan fingerprint density at radius 2 is 1.70 bits per heavy atom. The maximum Gasteiger partial charge on any atom is 0.220 e. The van der Waals surface area contributed by atoms with E-state index in [1.165, 1.54) is 0 Å². The summed E-state index contributed by atoms with van der Waals surface area (Å²) in [5.41, 5.74) is 1.26. The van der Waals surface area contributed by atoms with Gasteiger partial charge >= 0.3 is 0 Å². The largest absolute Gasteiger partial charge is 0.497 e. The Hall–Kier alpha value is -2.90. The van der Waals surface area contributed by atoms with Gasteiger partial charge in [0.05, 0.1) is 20.3 Å². The number of ether oxygens (including phenoxy) is 2. The Labute approximate surface area is 195 Å². The fourth-order valence-electron chi connectivity index (χ4n) is 4.21. The molecule has 0 saturated carbocycles. The second kappa shape index (κ2) is 12.4. The lowest BCUT2D eigenvalue weighted by atomic mass is 10.00. The highest BCUT2D eigenvalue weighted by Gasteiger charge is 2.28. The molecule has 7 heteroatoms. The van der Waals surface area contributed by atoms with E-state index in [9.17, 15) is 14.7 Å². The lowest BCUT2D eigenvalue weighted by molar-refractivity contribution is -0.123. The van der Waals surface area contributed by atoms with Crippen molar-refractivity contribution in [2.24, 2.45) is 0 Å². The topological polar surface area (TPSA) is 88.1 Å². The van der Waals surface area contributed by atoms with E-state index in [2.05, 4.69) is 10.2 Å². The molecule has 1 heterocycles. The number of nitrogens with one attached hydrogen (secondary N) is 1. The van der Waals surface area contributed by atoms with Crippen LogP contribution in [0.25, 0.3) is 0 Å². The zero-order chi connectivity index (χ0) is 23.6. The van der Waals surface area contributed by atoms with Gasteiger partial charge in [-0.1, -0.05) is 18.2 Å². The van der Waals surface area contributed by atoms with Crippen LogP contribution in [0.15, 0.2) is 48.5 Å². The van der Waals surface area contributed by atoms with E-state index >= 15 is 0 Å². The summed E-state index contributed by atoms with van der Waals surface area (Å²) in [7, 11) is 3.15. The number of hydrogen-bond donors (Lipinski definition) is 2. The molecule has 7 nitrogen and oxygen atoms in total. The van der Waals surface area contributed by atoms with Crippen molar-refractivity contribution in [1.29, 1.82) is 0 Å². The van der Waals surface area contributed by atoms with E-state index in [0.717, 1.165) is 25.9 Å². The van der Waals surface area contributed by atoms with Crippen molar-refractivity contribution in [2.75, 3.05) is 33.9 Å². The van der Waals surface area contributed by atoms with Gasteiger partial charge in [-0.05, 0) is 62.7 Å². The van der Waals surface area contributed by atoms with E-state index in [1.54, 1.807) is 44.6 Å². The number of benzene rings is 2. The fourth-order valence-corrected chi connectivity index (χ4v) is 4.21. The maximum atomic E-state index is 12.7. The summed E-state index contributed by atoms with van der Waals surface area (Å²) in [6, 6.07) is 13.8. The minimum atomic E-state index is -0.897. The number of hydrogen-bond acceptors (Lipinski definition) is 6. The van der Waals surface area contributed by atoms with Crippen molar-refractivity contribution in [1.82, 2.24) is 10.2 Å². The first-order valence-electron chi connectivity index (χ1n) is 11.5. The second-order valence-electron chi connectivity index (χ2n) is 8.37. The molecule has 0 aliphatic carbocycles. The SMILES string of the molecule is COc1ccc(C(=O)CCCC(=O)N[C@H](CN2CCCC2)[C@H](O)c2ccccc2OC)cc1. The van der Waals surface area contributed by atoms with Gasteiger partial charge in [0.2, 0.25) is 5.91 Å². The third-order valence-corrected chi connectivity index (χ3v) is 6.06. The number of carbonyl (C=O) groups excluding carboxylic acids is 2. The molecule has 2 N–H and O–H groups in total. The summed E-state index contributed by atoms with van der Waals surface area (Å²) in [5, 5.41) is 14.1. The van der Waals surface area contributed by atoms with Crippen LogP contribution in [-0.4, -0.2) is 61.6 Å². The van der Waals surface area contributed by atoms with Crippen LogP contribution in [-0.2, 0) is 4.79 Å². The Balaban J connectivity index is 1.57. The number of aliphatic hydroxyl groups is 1. The lowest BCUT2D eigenvalue weighted by Crippen LogP contribution is -2.46. The van der Waals surface area contributed by atoms with Gasteiger partial charge < -0.3 is 24.8 Å². The molecule has 2 atom stereocenters. The highest BCUT2D eigenvalue weighted by atomic mass is 16.5. The summed E-state index contributed by atoms with van der Waals surface area (Å²) in [6.07, 6.45) is 2.30. The highest BCUT2D eigenvalue weighted by Crippen LogP contribution is 2.28. The quantitative estimate of drug-likeness (QED) is 0.478. The van der Waals surface area contributed by atoms with Crippen molar-refractivity contribution in [3.63, 3.8) is 0 Å². The van der Waals surface area contributed by atoms with Gasteiger partial charge in [-0.3, -0.25) is 9.59 Å². The molecular weight excluding hydrogens is 420 g/mol. The molecule has 0 bridgehead atoms. The van der Waals surface area contributed by atoms with Gasteiger partial charge in [-0.25, -0.2) is 0 Å². The monoisotopic (exact) mass is 454 g/mol. The van der Waals surface area contributed by atoms with Gasteiger partial charge in [0.15, 0.2) is 5.78 Å². The zero-order valence-electron chi connectivity index (χ0n) is 19.5. The Morgan fingerprint density at radius 1 is 1.00 bits per heavy atom. The molecule has 0 aromatic heterocycles. The van der Waals surface area contributed by atoms with Crippen LogP contribution >= 0.6 is 0 Å². The average Bonchev–Trinajstić information content (AvgIpc) is 3.36. The van der Waals surface area contributed by atoms with Crippen LogP contribution in [0.2, 0.25) is 0 Å². The van der Waals surface area contributed by atoms with Crippen LogP contribution in [0, 0.1) is 0 Å². The number of Topliss-reactive ketones (excluding diaryl/α,β-unsaturated/α-hetero) is 1. The van der Waals surface area contributed by atoms with E-state index in [4.69, 9.17) is 9.47 Å². The smallest absolute Gasteiger partial charge is 0.220 e. The number of para-hydroxylation sites is 1. The summed E-state index contributed by atoms with van der Waals surface area (Å²) >= 11 is 0. The molecule has 1 aliphatic heterocycles. The van der Waals surface area contributed by atoms with Crippen molar-refractivity contribution in [2.45, 2.75) is 44.2 Å². The third-order valence-electron chi connectivity index (χ3n) is 6.06. The number of carbonyl (C=O) groups is 2. The molecule has 0 spiro atoms. The second-order valence-corrected chi connectivity index (χ2v) is 8.37. The number of methoxy groups -OCH3 is 2. The molecule has 1 amide bonds. The summed E-state index contributed by atoms with van der Waals surface area (Å²) < 4.78 is 10.5. The molecule has 3 rings (SSSR count). The fraction of sp³-hybridized carbons (Fsp3) is 0.462. The number of likely N-dealkylation sites (tertiary alicyclic amines) is 1. The zero-order valence-corrected chi connectivity index (χ0v) is 19.5. The van der Waals surface area contributed by atoms with Crippen LogP contribution in [0.4, 0.5) is 0 Å². The van der Waals surface area contributed by atoms with Crippen molar-refractivity contribution in [3.05, 3.63) is 59.7 Å². The van der Waals surface area contributed by atoms with Gasteiger partial charge in [-0.2, -0.15) is 0 Å². The van der Waals surface area contributed by atoms with Gasteiger partial charge in [-0.15, -0.1) is 0 Å². The Kier molecular flexibility index (Phi) is 9.27. The van der Waals surface area contributed by atoms with Crippen molar-refractivity contribution < 1.29 is 24.2 Å². The number of amides is 1. The number of ketones is 1. The van der Waals surface area contributed by atoms with Crippen LogP contribution in [0.1, 0.15) is 54.1 Å². The highest BCUT2D eigenvalue weighted by molar-refractivity contribution is 5.96.